The molecule has 1 unspecified atom stereocenters. The van der Waals surface area contributed by atoms with E-state index in [1.165, 1.54) is 12.3 Å². The van der Waals surface area contributed by atoms with Gasteiger partial charge in [-0.15, -0.1) is 10.2 Å². The molecule has 1 aliphatic rings. The van der Waals surface area contributed by atoms with Crippen LogP contribution in [0.15, 0.2) is 12.1 Å². The number of sulfone groups is 1. The van der Waals surface area contributed by atoms with Gasteiger partial charge in [0.1, 0.15) is 9.84 Å². The van der Waals surface area contributed by atoms with E-state index in [1.54, 1.807) is 4.90 Å². The number of alkyl halides is 3. The molecular formula is C12H16F3N3O2S. The van der Waals surface area contributed by atoms with Crippen LogP contribution in [0.1, 0.15) is 25.0 Å². The Morgan fingerprint density at radius 1 is 1.19 bits per heavy atom. The third kappa shape index (κ3) is 4.05. The first-order chi connectivity index (χ1) is 9.68. The van der Waals surface area contributed by atoms with Gasteiger partial charge in [-0.05, 0) is 31.4 Å². The Kier molecular flexibility index (Phi) is 4.40. The maximum atomic E-state index is 12.4. The molecule has 21 heavy (non-hydrogen) atoms. The summed E-state index contributed by atoms with van der Waals surface area (Å²) in [5, 5.41) is 6.39. The average Bonchev–Trinajstić information content (AvgIpc) is 2.63. The summed E-state index contributed by atoms with van der Waals surface area (Å²) in [6, 6.07) is 2.16. The molecule has 2 rings (SSSR count). The third-order valence-electron chi connectivity index (χ3n) is 3.55. The van der Waals surface area contributed by atoms with Crippen LogP contribution in [0, 0.1) is 0 Å². The van der Waals surface area contributed by atoms with Gasteiger partial charge in [0, 0.05) is 19.3 Å². The zero-order chi connectivity index (χ0) is 15.7. The lowest BCUT2D eigenvalue weighted by molar-refractivity contribution is -0.141. The van der Waals surface area contributed by atoms with Crippen molar-refractivity contribution >= 4 is 15.7 Å². The monoisotopic (exact) mass is 323 g/mol. The summed E-state index contributed by atoms with van der Waals surface area (Å²) in [7, 11) is -3.09. The standard InChI is InChI=1S/C12H16F3N3O2S/c1-21(19,20)9-3-2-7-18(8-6-9)11-5-4-10(16-17-11)12(13,14)15/h4-5,9H,2-3,6-8H2,1H3. The summed E-state index contributed by atoms with van der Waals surface area (Å²) in [5.41, 5.74) is -1.03. The van der Waals surface area contributed by atoms with Crippen LogP contribution in [0.2, 0.25) is 0 Å². The molecule has 2 heterocycles. The Hall–Kier alpha value is -1.38. The second-order valence-corrected chi connectivity index (χ2v) is 7.47. The molecule has 5 nitrogen and oxygen atoms in total. The lowest BCUT2D eigenvalue weighted by Gasteiger charge is -2.21. The number of hydrogen-bond acceptors (Lipinski definition) is 5. The van der Waals surface area contributed by atoms with E-state index < -0.39 is 27.0 Å². The maximum Gasteiger partial charge on any atom is 0.435 e. The van der Waals surface area contributed by atoms with Gasteiger partial charge in [0.2, 0.25) is 0 Å². The summed E-state index contributed by atoms with van der Waals surface area (Å²) < 4.78 is 60.4. The minimum atomic E-state index is -4.51. The smallest absolute Gasteiger partial charge is 0.355 e. The van der Waals surface area contributed by atoms with Crippen LogP contribution in [0.25, 0.3) is 0 Å². The summed E-state index contributed by atoms with van der Waals surface area (Å²) in [5.74, 6) is 0.345. The van der Waals surface area contributed by atoms with E-state index in [2.05, 4.69) is 10.2 Å². The van der Waals surface area contributed by atoms with Crippen molar-refractivity contribution in [3.63, 3.8) is 0 Å². The topological polar surface area (TPSA) is 63.2 Å². The van der Waals surface area contributed by atoms with Crippen LogP contribution >= 0.6 is 0 Å². The van der Waals surface area contributed by atoms with Gasteiger partial charge in [-0.1, -0.05) is 0 Å². The van der Waals surface area contributed by atoms with Gasteiger partial charge in [0.15, 0.2) is 11.5 Å². The normalized spacial score (nSPS) is 21.1. The number of aromatic nitrogens is 2. The first kappa shape index (κ1) is 16.0. The molecule has 1 saturated heterocycles. The molecule has 1 atom stereocenters. The first-order valence-corrected chi connectivity index (χ1v) is 8.48. The van der Waals surface area contributed by atoms with E-state index in [0.29, 0.717) is 38.2 Å². The van der Waals surface area contributed by atoms with Gasteiger partial charge in [-0.25, -0.2) is 8.42 Å². The highest BCUT2D eigenvalue weighted by molar-refractivity contribution is 7.91. The molecule has 0 spiro atoms. The SMILES string of the molecule is CS(=O)(=O)C1CCCN(c2ccc(C(F)(F)F)nn2)CC1. The molecule has 9 heteroatoms. The van der Waals surface area contributed by atoms with E-state index in [4.69, 9.17) is 0 Å². The molecule has 0 radical (unpaired) electrons. The zero-order valence-electron chi connectivity index (χ0n) is 11.5. The van der Waals surface area contributed by atoms with Crippen LogP contribution in [0.4, 0.5) is 19.0 Å². The van der Waals surface area contributed by atoms with Crippen molar-refractivity contribution in [2.45, 2.75) is 30.7 Å². The summed E-state index contributed by atoms with van der Waals surface area (Å²) in [6.07, 6.45) is -1.64. The number of rotatable bonds is 2. The van der Waals surface area contributed by atoms with Gasteiger partial charge >= 0.3 is 6.18 Å². The Balaban J connectivity index is 2.09. The Morgan fingerprint density at radius 3 is 2.43 bits per heavy atom. The fraction of sp³-hybridized carbons (Fsp3) is 0.667. The fourth-order valence-electron chi connectivity index (χ4n) is 2.37. The van der Waals surface area contributed by atoms with Crippen LogP contribution in [-0.2, 0) is 16.0 Å². The molecule has 1 aromatic rings. The molecule has 0 amide bonds. The predicted octanol–water partition coefficient (Wildman–Crippen LogP) is 1.90. The number of nitrogens with zero attached hydrogens (tertiary/aromatic N) is 3. The molecular weight excluding hydrogens is 307 g/mol. The second-order valence-electron chi connectivity index (χ2n) is 5.14. The Morgan fingerprint density at radius 2 is 1.90 bits per heavy atom. The molecule has 0 N–H and O–H groups in total. The fourth-order valence-corrected chi connectivity index (χ4v) is 3.50. The van der Waals surface area contributed by atoms with Gasteiger partial charge in [0.25, 0.3) is 0 Å². The molecule has 1 fully saturated rings. The first-order valence-electron chi connectivity index (χ1n) is 6.52. The average molecular weight is 323 g/mol. The van der Waals surface area contributed by atoms with Crippen molar-refractivity contribution in [3.8, 4) is 0 Å². The molecule has 118 valence electrons. The Bertz CT molecular complexity index is 587. The number of halogens is 3. The van der Waals surface area contributed by atoms with E-state index in [0.717, 1.165) is 6.07 Å². The molecule has 0 aliphatic carbocycles. The molecule has 0 aromatic carbocycles. The Labute approximate surface area is 121 Å². The van der Waals surface area contributed by atoms with Gasteiger partial charge in [-0.3, -0.25) is 0 Å². The highest BCUT2D eigenvalue weighted by Gasteiger charge is 2.33. The minimum absolute atomic E-state index is 0.345. The summed E-state index contributed by atoms with van der Waals surface area (Å²) in [6.45, 7) is 1.00. The largest absolute Gasteiger partial charge is 0.435 e. The highest BCUT2D eigenvalue weighted by atomic mass is 32.2. The van der Waals surface area contributed by atoms with E-state index >= 15 is 0 Å². The van der Waals surface area contributed by atoms with E-state index in [9.17, 15) is 21.6 Å². The maximum absolute atomic E-state index is 12.4. The summed E-state index contributed by atoms with van der Waals surface area (Å²) >= 11 is 0. The third-order valence-corrected chi connectivity index (χ3v) is 5.23. The second kappa shape index (κ2) is 5.78. The number of anilines is 1. The lowest BCUT2D eigenvalue weighted by Crippen LogP contribution is -2.27. The van der Waals surface area contributed by atoms with Crippen LogP contribution < -0.4 is 4.90 Å². The minimum Gasteiger partial charge on any atom is -0.355 e. The molecule has 0 saturated carbocycles. The van der Waals surface area contributed by atoms with Crippen molar-refractivity contribution in [2.24, 2.45) is 0 Å². The molecule has 1 aliphatic heterocycles. The van der Waals surface area contributed by atoms with Crippen LogP contribution in [0.5, 0.6) is 0 Å². The van der Waals surface area contributed by atoms with Crippen LogP contribution in [0.3, 0.4) is 0 Å². The van der Waals surface area contributed by atoms with Gasteiger partial charge in [0.05, 0.1) is 5.25 Å². The predicted molar refractivity (Wildman–Crippen MR) is 71.7 cm³/mol. The van der Waals surface area contributed by atoms with Gasteiger partial charge < -0.3 is 4.90 Å². The zero-order valence-corrected chi connectivity index (χ0v) is 12.3. The van der Waals surface area contributed by atoms with E-state index in [-0.39, 0.29) is 0 Å². The van der Waals surface area contributed by atoms with Crippen molar-refractivity contribution < 1.29 is 21.6 Å². The van der Waals surface area contributed by atoms with Crippen molar-refractivity contribution in [1.29, 1.82) is 0 Å². The number of hydrogen-bond donors (Lipinski definition) is 0. The molecule has 0 bridgehead atoms. The quantitative estimate of drug-likeness (QED) is 0.832. The van der Waals surface area contributed by atoms with Gasteiger partial charge in [-0.2, -0.15) is 13.2 Å². The summed E-state index contributed by atoms with van der Waals surface area (Å²) in [4.78, 5) is 1.78. The van der Waals surface area contributed by atoms with Crippen LogP contribution in [-0.4, -0.2) is 43.2 Å². The molecule has 1 aromatic heterocycles. The lowest BCUT2D eigenvalue weighted by atomic mass is 10.2. The van der Waals surface area contributed by atoms with E-state index in [1.807, 2.05) is 0 Å². The highest BCUT2D eigenvalue weighted by Crippen LogP contribution is 2.28. The van der Waals surface area contributed by atoms with Crippen molar-refractivity contribution in [2.75, 3.05) is 24.2 Å². The van der Waals surface area contributed by atoms with Crippen molar-refractivity contribution in [3.05, 3.63) is 17.8 Å². The van der Waals surface area contributed by atoms with Crippen molar-refractivity contribution in [1.82, 2.24) is 10.2 Å².